The van der Waals surface area contributed by atoms with Gasteiger partial charge in [-0.2, -0.15) is 0 Å². The van der Waals surface area contributed by atoms with Crippen molar-refractivity contribution in [2.45, 2.75) is 19.3 Å². The van der Waals surface area contributed by atoms with Gasteiger partial charge < -0.3 is 10.1 Å². The molecule has 0 aliphatic carbocycles. The third kappa shape index (κ3) is 3.73. The molecule has 92 valence electrons. The highest BCUT2D eigenvalue weighted by Gasteiger charge is 2.17. The number of hydrogen-bond acceptors (Lipinski definition) is 4. The van der Waals surface area contributed by atoms with Gasteiger partial charge in [0.05, 0.1) is 13.2 Å². The van der Waals surface area contributed by atoms with E-state index in [-0.39, 0.29) is 5.91 Å². The average Bonchev–Trinajstić information content (AvgIpc) is 2.81. The molecule has 0 aromatic carbocycles. The molecule has 16 heavy (non-hydrogen) atoms. The van der Waals surface area contributed by atoms with Crippen molar-refractivity contribution in [1.82, 2.24) is 15.8 Å². The van der Waals surface area contributed by atoms with Gasteiger partial charge in [0.25, 0.3) is 0 Å². The number of carbonyl (C=O) groups excluding carboxylic acids is 1. The number of hydrogen-bond donors (Lipinski definition) is 2. The summed E-state index contributed by atoms with van der Waals surface area (Å²) >= 11 is 0. The summed E-state index contributed by atoms with van der Waals surface area (Å²) in [7, 11) is 0. The zero-order chi connectivity index (χ0) is 11.2. The second-order valence-electron chi connectivity index (χ2n) is 4.53. The van der Waals surface area contributed by atoms with E-state index in [1.54, 1.807) is 0 Å². The lowest BCUT2D eigenvalue weighted by molar-refractivity contribution is -0.128. The van der Waals surface area contributed by atoms with Crippen LogP contribution in [0.25, 0.3) is 0 Å². The molecule has 2 aliphatic rings. The molecule has 0 aromatic heterocycles. The molecule has 2 aliphatic heterocycles. The van der Waals surface area contributed by atoms with Gasteiger partial charge in [0.1, 0.15) is 0 Å². The molecule has 1 unspecified atom stereocenters. The second kappa shape index (κ2) is 6.18. The Morgan fingerprint density at radius 3 is 2.94 bits per heavy atom. The van der Waals surface area contributed by atoms with Crippen LogP contribution in [0.3, 0.4) is 0 Å². The van der Waals surface area contributed by atoms with Gasteiger partial charge in [0.15, 0.2) is 0 Å². The lowest BCUT2D eigenvalue weighted by atomic mass is 10.0. The third-order valence-electron chi connectivity index (χ3n) is 3.24. The van der Waals surface area contributed by atoms with Crippen molar-refractivity contribution >= 4 is 5.91 Å². The van der Waals surface area contributed by atoms with E-state index in [2.05, 4.69) is 10.7 Å². The third-order valence-corrected chi connectivity index (χ3v) is 3.24. The van der Waals surface area contributed by atoms with Crippen LogP contribution in [0.15, 0.2) is 0 Å². The average molecular weight is 227 g/mol. The Morgan fingerprint density at radius 1 is 1.44 bits per heavy atom. The largest absolute Gasteiger partial charge is 0.379 e. The van der Waals surface area contributed by atoms with Crippen molar-refractivity contribution in [3.63, 3.8) is 0 Å². The minimum absolute atomic E-state index is 0.147. The summed E-state index contributed by atoms with van der Waals surface area (Å²) in [6.07, 6.45) is 2.86. The lowest BCUT2D eigenvalue weighted by Crippen LogP contribution is -2.48. The first-order chi connectivity index (χ1) is 7.84. The summed E-state index contributed by atoms with van der Waals surface area (Å²) in [5.41, 5.74) is 2.94. The monoisotopic (exact) mass is 227 g/mol. The molecule has 0 saturated carbocycles. The maximum absolute atomic E-state index is 11.7. The van der Waals surface area contributed by atoms with Gasteiger partial charge >= 0.3 is 0 Å². The van der Waals surface area contributed by atoms with Crippen LogP contribution in [0.1, 0.15) is 19.3 Å². The van der Waals surface area contributed by atoms with Gasteiger partial charge in [0, 0.05) is 19.5 Å². The van der Waals surface area contributed by atoms with Crippen molar-refractivity contribution in [3.8, 4) is 0 Å². The number of ether oxygens (including phenoxy) is 1. The molecule has 2 N–H and O–H groups in total. The van der Waals surface area contributed by atoms with E-state index in [1.807, 2.05) is 5.01 Å². The molecule has 2 fully saturated rings. The Balaban J connectivity index is 1.59. The maximum Gasteiger partial charge on any atom is 0.234 e. The van der Waals surface area contributed by atoms with Crippen molar-refractivity contribution < 1.29 is 9.53 Å². The van der Waals surface area contributed by atoms with E-state index in [1.165, 1.54) is 6.42 Å². The van der Waals surface area contributed by atoms with Crippen molar-refractivity contribution in [2.75, 3.05) is 39.4 Å². The van der Waals surface area contributed by atoms with Crippen molar-refractivity contribution in [1.29, 1.82) is 0 Å². The molecule has 0 radical (unpaired) electrons. The smallest absolute Gasteiger partial charge is 0.234 e. The zero-order valence-corrected chi connectivity index (χ0v) is 9.71. The van der Waals surface area contributed by atoms with Crippen LogP contribution in [-0.2, 0) is 9.53 Å². The van der Waals surface area contributed by atoms with Crippen molar-refractivity contribution in [3.05, 3.63) is 0 Å². The number of nitrogens with zero attached hydrogens (tertiary/aromatic N) is 1. The first-order valence-corrected chi connectivity index (χ1v) is 6.17. The summed E-state index contributed by atoms with van der Waals surface area (Å²) in [5.74, 6) is 0.837. The van der Waals surface area contributed by atoms with Crippen LogP contribution >= 0.6 is 0 Å². The van der Waals surface area contributed by atoms with Crippen LogP contribution in [-0.4, -0.2) is 50.3 Å². The number of rotatable bonds is 4. The van der Waals surface area contributed by atoms with E-state index >= 15 is 0 Å². The highest BCUT2D eigenvalue weighted by Crippen LogP contribution is 2.13. The second-order valence-corrected chi connectivity index (χ2v) is 4.53. The summed E-state index contributed by atoms with van der Waals surface area (Å²) in [5, 5.41) is 5.28. The van der Waals surface area contributed by atoms with Crippen molar-refractivity contribution in [2.24, 2.45) is 5.92 Å². The van der Waals surface area contributed by atoms with Gasteiger partial charge in [-0.25, -0.2) is 5.01 Å². The molecule has 0 bridgehead atoms. The Bertz CT molecular complexity index is 223. The predicted octanol–water partition coefficient (Wildman–Crippen LogP) is -0.260. The van der Waals surface area contributed by atoms with Crippen LogP contribution in [0.4, 0.5) is 0 Å². The minimum Gasteiger partial charge on any atom is -0.379 e. The van der Waals surface area contributed by atoms with Crippen LogP contribution < -0.4 is 10.7 Å². The Kier molecular flexibility index (Phi) is 4.56. The van der Waals surface area contributed by atoms with E-state index in [4.69, 9.17) is 4.74 Å². The van der Waals surface area contributed by atoms with E-state index < -0.39 is 0 Å². The Labute approximate surface area is 96.5 Å². The standard InChI is InChI=1S/C11H21N3O2/c15-11(2-1-10-3-4-12-9-10)13-14-5-7-16-8-6-14/h10,12H,1-9H2,(H,13,15). The first-order valence-electron chi connectivity index (χ1n) is 6.17. The molecule has 5 nitrogen and oxygen atoms in total. The number of amides is 1. The lowest BCUT2D eigenvalue weighted by Gasteiger charge is -2.27. The number of nitrogens with one attached hydrogen (secondary N) is 2. The highest BCUT2D eigenvalue weighted by atomic mass is 16.5. The normalized spacial score (nSPS) is 26.9. The van der Waals surface area contributed by atoms with E-state index in [0.717, 1.165) is 32.6 Å². The Morgan fingerprint density at radius 2 is 2.25 bits per heavy atom. The minimum atomic E-state index is 0.147. The Hall–Kier alpha value is -0.650. The molecule has 2 saturated heterocycles. The van der Waals surface area contributed by atoms with Gasteiger partial charge in [-0.1, -0.05) is 0 Å². The maximum atomic E-state index is 11.7. The zero-order valence-electron chi connectivity index (χ0n) is 9.71. The number of hydrazine groups is 1. The molecule has 0 spiro atoms. The molecule has 1 atom stereocenters. The molecular weight excluding hydrogens is 206 g/mol. The van der Waals surface area contributed by atoms with E-state index in [9.17, 15) is 4.79 Å². The van der Waals surface area contributed by atoms with Gasteiger partial charge in [-0.05, 0) is 31.8 Å². The summed E-state index contributed by atoms with van der Waals surface area (Å²) < 4.78 is 5.22. The number of morpholine rings is 1. The van der Waals surface area contributed by atoms with Crippen LogP contribution in [0.2, 0.25) is 0 Å². The number of carbonyl (C=O) groups is 1. The molecule has 2 rings (SSSR count). The van der Waals surface area contributed by atoms with Gasteiger partial charge in [-0.3, -0.25) is 10.2 Å². The van der Waals surface area contributed by atoms with Gasteiger partial charge in [0.2, 0.25) is 5.91 Å². The fourth-order valence-electron chi connectivity index (χ4n) is 2.20. The summed E-state index contributed by atoms with van der Waals surface area (Å²) in [6.45, 7) is 5.22. The topological polar surface area (TPSA) is 53.6 Å². The molecule has 5 heteroatoms. The first kappa shape index (κ1) is 11.8. The summed E-state index contributed by atoms with van der Waals surface area (Å²) in [6, 6.07) is 0. The summed E-state index contributed by atoms with van der Waals surface area (Å²) in [4.78, 5) is 11.7. The molecular formula is C11H21N3O2. The molecule has 1 amide bonds. The van der Waals surface area contributed by atoms with Gasteiger partial charge in [-0.15, -0.1) is 0 Å². The fourth-order valence-corrected chi connectivity index (χ4v) is 2.20. The molecule has 0 aromatic rings. The SMILES string of the molecule is O=C(CCC1CCNC1)NN1CCOCC1. The quantitative estimate of drug-likeness (QED) is 0.695. The predicted molar refractivity (Wildman–Crippen MR) is 60.7 cm³/mol. The highest BCUT2D eigenvalue weighted by molar-refractivity contribution is 5.75. The van der Waals surface area contributed by atoms with Crippen LogP contribution in [0.5, 0.6) is 0 Å². The molecule has 2 heterocycles. The van der Waals surface area contributed by atoms with E-state index in [0.29, 0.717) is 25.6 Å². The van der Waals surface area contributed by atoms with Crippen LogP contribution in [0, 0.1) is 5.92 Å². The fraction of sp³-hybridized carbons (Fsp3) is 0.909.